The Hall–Kier alpha value is -1.03. The van der Waals surface area contributed by atoms with Crippen LogP contribution in [0.1, 0.15) is 37.8 Å². The Labute approximate surface area is 112 Å². The zero-order valence-corrected chi connectivity index (χ0v) is 11.3. The molecule has 1 aliphatic carbocycles. The summed E-state index contributed by atoms with van der Waals surface area (Å²) in [6.45, 7) is 6.02. The van der Waals surface area contributed by atoms with Crippen LogP contribution in [-0.2, 0) is 11.6 Å². The molecule has 0 amide bonds. The first-order chi connectivity index (χ1) is 8.88. The van der Waals surface area contributed by atoms with Crippen molar-refractivity contribution in [3.63, 3.8) is 0 Å². The first kappa shape index (κ1) is 14.4. The van der Waals surface area contributed by atoms with Gasteiger partial charge in [-0.1, -0.05) is 32.0 Å². The summed E-state index contributed by atoms with van der Waals surface area (Å²) >= 11 is 0. The third-order valence-corrected chi connectivity index (χ3v) is 4.08. The van der Waals surface area contributed by atoms with Gasteiger partial charge < -0.3 is 5.32 Å². The van der Waals surface area contributed by atoms with Crippen LogP contribution in [0.4, 0.5) is 13.2 Å². The van der Waals surface area contributed by atoms with Gasteiger partial charge >= 0.3 is 6.18 Å². The summed E-state index contributed by atoms with van der Waals surface area (Å²) in [5.41, 5.74) is 0.172. The molecule has 19 heavy (non-hydrogen) atoms. The quantitative estimate of drug-likeness (QED) is 0.799. The van der Waals surface area contributed by atoms with Crippen molar-refractivity contribution < 1.29 is 13.2 Å². The summed E-state index contributed by atoms with van der Waals surface area (Å²) < 4.78 is 38.1. The lowest BCUT2D eigenvalue weighted by molar-refractivity contribution is -0.137. The van der Waals surface area contributed by atoms with Gasteiger partial charge in [0.15, 0.2) is 0 Å². The molecule has 0 aromatic heterocycles. The number of alkyl halides is 3. The predicted molar refractivity (Wildman–Crippen MR) is 70.1 cm³/mol. The van der Waals surface area contributed by atoms with E-state index in [-0.39, 0.29) is 5.41 Å². The molecule has 106 valence electrons. The summed E-state index contributed by atoms with van der Waals surface area (Å²) in [6, 6.07) is 5.77. The second-order valence-corrected chi connectivity index (χ2v) is 5.60. The molecule has 1 aromatic rings. The molecule has 0 heterocycles. The van der Waals surface area contributed by atoms with Crippen LogP contribution in [0.5, 0.6) is 0 Å². The minimum Gasteiger partial charge on any atom is -0.316 e. The first-order valence-corrected chi connectivity index (χ1v) is 6.76. The van der Waals surface area contributed by atoms with E-state index in [0.717, 1.165) is 37.6 Å². The van der Waals surface area contributed by atoms with Gasteiger partial charge in [-0.2, -0.15) is 13.2 Å². The topological polar surface area (TPSA) is 12.0 Å². The van der Waals surface area contributed by atoms with E-state index in [4.69, 9.17) is 0 Å². The van der Waals surface area contributed by atoms with E-state index in [0.29, 0.717) is 5.92 Å². The molecule has 4 heteroatoms. The van der Waals surface area contributed by atoms with Gasteiger partial charge in [-0.05, 0) is 48.9 Å². The third kappa shape index (κ3) is 3.11. The zero-order chi connectivity index (χ0) is 14.1. The SMILES string of the molecule is CCCNCC1CC1(C)c1cccc(C(F)(F)F)c1. The fraction of sp³-hybridized carbons (Fsp3) is 0.600. The van der Waals surface area contributed by atoms with E-state index in [1.807, 2.05) is 6.07 Å². The van der Waals surface area contributed by atoms with E-state index in [1.165, 1.54) is 12.1 Å². The number of rotatable bonds is 5. The average molecular weight is 271 g/mol. The molecule has 0 saturated heterocycles. The Kier molecular flexibility index (Phi) is 3.90. The molecule has 2 rings (SSSR count). The molecule has 1 fully saturated rings. The maximum atomic E-state index is 12.7. The predicted octanol–water partition coefficient (Wildman–Crippen LogP) is 3.98. The summed E-state index contributed by atoms with van der Waals surface area (Å²) in [5.74, 6) is 0.447. The Morgan fingerprint density at radius 2 is 2.11 bits per heavy atom. The van der Waals surface area contributed by atoms with Crippen molar-refractivity contribution in [2.75, 3.05) is 13.1 Å². The van der Waals surface area contributed by atoms with Crippen molar-refractivity contribution in [1.29, 1.82) is 0 Å². The maximum absolute atomic E-state index is 12.7. The van der Waals surface area contributed by atoms with Crippen molar-refractivity contribution in [1.82, 2.24) is 5.32 Å². The number of hydrogen-bond donors (Lipinski definition) is 1. The minimum absolute atomic E-state index is 0.0952. The second-order valence-electron chi connectivity index (χ2n) is 5.60. The fourth-order valence-corrected chi connectivity index (χ4v) is 2.61. The van der Waals surface area contributed by atoms with Gasteiger partial charge in [0.05, 0.1) is 5.56 Å². The number of nitrogens with one attached hydrogen (secondary N) is 1. The van der Waals surface area contributed by atoms with Crippen LogP contribution in [0.3, 0.4) is 0 Å². The average Bonchev–Trinajstić information content (AvgIpc) is 3.01. The molecule has 0 radical (unpaired) electrons. The molecule has 0 aliphatic heterocycles. The van der Waals surface area contributed by atoms with Crippen LogP contribution in [0.25, 0.3) is 0 Å². The minimum atomic E-state index is -4.25. The Morgan fingerprint density at radius 1 is 1.37 bits per heavy atom. The van der Waals surface area contributed by atoms with Crippen LogP contribution >= 0.6 is 0 Å². The molecule has 1 saturated carbocycles. The molecule has 2 unspecified atom stereocenters. The van der Waals surface area contributed by atoms with Gasteiger partial charge in [-0.3, -0.25) is 0 Å². The van der Waals surface area contributed by atoms with Crippen LogP contribution in [0.2, 0.25) is 0 Å². The van der Waals surface area contributed by atoms with Crippen LogP contribution < -0.4 is 5.32 Å². The second kappa shape index (κ2) is 5.16. The largest absolute Gasteiger partial charge is 0.416 e. The summed E-state index contributed by atoms with van der Waals surface area (Å²) in [6.07, 6.45) is -2.21. The van der Waals surface area contributed by atoms with Crippen LogP contribution in [-0.4, -0.2) is 13.1 Å². The monoisotopic (exact) mass is 271 g/mol. The van der Waals surface area contributed by atoms with E-state index in [1.54, 1.807) is 0 Å². The number of benzene rings is 1. The highest BCUT2D eigenvalue weighted by Gasteiger charge is 2.51. The molecular formula is C15H20F3N. The van der Waals surface area contributed by atoms with Crippen molar-refractivity contribution in [2.24, 2.45) is 5.92 Å². The smallest absolute Gasteiger partial charge is 0.316 e. The molecule has 1 N–H and O–H groups in total. The van der Waals surface area contributed by atoms with Gasteiger partial charge in [0, 0.05) is 0 Å². The van der Waals surface area contributed by atoms with Crippen LogP contribution in [0, 0.1) is 5.92 Å². The zero-order valence-electron chi connectivity index (χ0n) is 11.3. The van der Waals surface area contributed by atoms with Crippen molar-refractivity contribution in [2.45, 2.75) is 38.3 Å². The fourth-order valence-electron chi connectivity index (χ4n) is 2.61. The molecule has 2 atom stereocenters. The lowest BCUT2D eigenvalue weighted by Crippen LogP contribution is -2.21. The lowest BCUT2D eigenvalue weighted by Gasteiger charge is -2.15. The standard InChI is InChI=1S/C15H20F3N/c1-3-7-19-10-13-9-14(13,2)11-5-4-6-12(8-11)15(16,17)18/h4-6,8,13,19H,3,7,9-10H2,1-2H3. The van der Waals surface area contributed by atoms with E-state index in [2.05, 4.69) is 19.2 Å². The lowest BCUT2D eigenvalue weighted by atomic mass is 9.93. The molecular weight excluding hydrogens is 251 g/mol. The molecule has 1 nitrogen and oxygen atoms in total. The van der Waals surface area contributed by atoms with Crippen LogP contribution in [0.15, 0.2) is 24.3 Å². The van der Waals surface area contributed by atoms with Gasteiger partial charge in [-0.25, -0.2) is 0 Å². The highest BCUT2D eigenvalue weighted by atomic mass is 19.4. The first-order valence-electron chi connectivity index (χ1n) is 6.76. The van der Waals surface area contributed by atoms with Gasteiger partial charge in [-0.15, -0.1) is 0 Å². The number of halogens is 3. The molecule has 1 aliphatic rings. The normalized spacial score (nSPS) is 26.5. The molecule has 0 spiro atoms. The molecule has 0 bridgehead atoms. The Bertz CT molecular complexity index is 441. The maximum Gasteiger partial charge on any atom is 0.416 e. The van der Waals surface area contributed by atoms with Crippen molar-refractivity contribution >= 4 is 0 Å². The van der Waals surface area contributed by atoms with Crippen molar-refractivity contribution in [3.8, 4) is 0 Å². The highest BCUT2D eigenvalue weighted by Crippen LogP contribution is 2.54. The van der Waals surface area contributed by atoms with E-state index < -0.39 is 11.7 Å². The summed E-state index contributed by atoms with van der Waals surface area (Å²) in [7, 11) is 0. The Morgan fingerprint density at radius 3 is 2.74 bits per heavy atom. The van der Waals surface area contributed by atoms with E-state index >= 15 is 0 Å². The van der Waals surface area contributed by atoms with Gasteiger partial charge in [0.1, 0.15) is 0 Å². The summed E-state index contributed by atoms with van der Waals surface area (Å²) in [4.78, 5) is 0. The summed E-state index contributed by atoms with van der Waals surface area (Å²) in [5, 5.41) is 3.34. The number of hydrogen-bond acceptors (Lipinski definition) is 1. The van der Waals surface area contributed by atoms with Crippen molar-refractivity contribution in [3.05, 3.63) is 35.4 Å². The Balaban J connectivity index is 2.07. The highest BCUT2D eigenvalue weighted by molar-refractivity contribution is 5.36. The molecule has 1 aromatic carbocycles. The van der Waals surface area contributed by atoms with Gasteiger partial charge in [0.25, 0.3) is 0 Å². The third-order valence-electron chi connectivity index (χ3n) is 4.08. The van der Waals surface area contributed by atoms with E-state index in [9.17, 15) is 13.2 Å². The van der Waals surface area contributed by atoms with Gasteiger partial charge in [0.2, 0.25) is 0 Å².